The minimum Gasteiger partial charge on any atom is -0.261 e. The number of hydrogen-bond acceptors (Lipinski definition) is 3. The molecule has 0 saturated heterocycles. The van der Waals surface area contributed by atoms with Gasteiger partial charge in [0.1, 0.15) is 6.33 Å². The van der Waals surface area contributed by atoms with Crippen molar-refractivity contribution in [3.8, 4) is 0 Å². The normalized spacial score (nSPS) is 13.6. The third kappa shape index (κ3) is 1.50. The van der Waals surface area contributed by atoms with Gasteiger partial charge in [-0.1, -0.05) is 18.2 Å². The summed E-state index contributed by atoms with van der Waals surface area (Å²) in [5.74, 6) is 0. The Morgan fingerprint density at radius 2 is 2.06 bits per heavy atom. The molecule has 3 rings (SSSR count). The van der Waals surface area contributed by atoms with Crippen LogP contribution in [0.2, 0.25) is 0 Å². The number of benzene rings is 1. The van der Waals surface area contributed by atoms with Crippen LogP contribution < -0.4 is 15.6 Å². The Labute approximate surface area is 92.5 Å². The van der Waals surface area contributed by atoms with Crippen LogP contribution in [0.25, 0.3) is 6.20 Å². The molecular weight excluding hydrogens is 200 g/mol. The molecule has 16 heavy (non-hydrogen) atoms. The van der Waals surface area contributed by atoms with Crippen molar-refractivity contribution in [3.63, 3.8) is 0 Å². The molecule has 0 atom stereocenters. The summed E-state index contributed by atoms with van der Waals surface area (Å²) < 4.78 is 1.88. The van der Waals surface area contributed by atoms with Crippen LogP contribution >= 0.6 is 0 Å². The lowest BCUT2D eigenvalue weighted by Crippen LogP contribution is -2.29. The van der Waals surface area contributed by atoms with E-state index in [4.69, 9.17) is 0 Å². The van der Waals surface area contributed by atoms with Gasteiger partial charge in [0.15, 0.2) is 0 Å². The van der Waals surface area contributed by atoms with Crippen molar-refractivity contribution >= 4 is 6.20 Å². The smallest absolute Gasteiger partial charge is 0.115 e. The van der Waals surface area contributed by atoms with E-state index in [1.54, 1.807) is 18.7 Å². The van der Waals surface area contributed by atoms with Crippen LogP contribution in [-0.2, 0) is 0 Å². The standard InChI is InChI=1S/C12H10N4/c1-2-4-12-11(3-1)9-15(8-6-14-12)16-7-5-13-10-16/h1-10H. The van der Waals surface area contributed by atoms with Gasteiger partial charge in [0, 0.05) is 36.2 Å². The molecule has 0 N–H and O–H groups in total. The summed E-state index contributed by atoms with van der Waals surface area (Å²) >= 11 is 0. The van der Waals surface area contributed by atoms with Gasteiger partial charge in [0.25, 0.3) is 0 Å². The number of para-hydroxylation sites is 1. The minimum atomic E-state index is 0.973. The van der Waals surface area contributed by atoms with Crippen LogP contribution in [0.15, 0.2) is 60.4 Å². The molecule has 1 aliphatic heterocycles. The molecule has 2 aromatic rings. The van der Waals surface area contributed by atoms with E-state index in [9.17, 15) is 0 Å². The maximum atomic E-state index is 4.36. The third-order valence-corrected chi connectivity index (χ3v) is 2.40. The zero-order chi connectivity index (χ0) is 10.8. The summed E-state index contributed by atoms with van der Waals surface area (Å²) in [6, 6.07) is 8.02. The maximum Gasteiger partial charge on any atom is 0.115 e. The van der Waals surface area contributed by atoms with Crippen molar-refractivity contribution in [1.82, 2.24) is 9.66 Å². The van der Waals surface area contributed by atoms with E-state index in [-0.39, 0.29) is 0 Å². The van der Waals surface area contributed by atoms with Crippen LogP contribution in [0.4, 0.5) is 0 Å². The highest BCUT2D eigenvalue weighted by Gasteiger charge is 1.99. The van der Waals surface area contributed by atoms with E-state index in [2.05, 4.69) is 9.98 Å². The van der Waals surface area contributed by atoms with Gasteiger partial charge in [-0.25, -0.2) is 9.66 Å². The molecule has 4 nitrogen and oxygen atoms in total. The molecule has 78 valence electrons. The molecule has 0 amide bonds. The predicted octanol–water partition coefficient (Wildman–Crippen LogP) is 0.364. The SMILES string of the molecule is C1=CN(n2ccnc2)C=c2ccccc2=N1. The van der Waals surface area contributed by atoms with Gasteiger partial charge in [0.05, 0.1) is 5.36 Å². The molecule has 1 aromatic carbocycles. The molecule has 0 bridgehead atoms. The Morgan fingerprint density at radius 3 is 2.94 bits per heavy atom. The van der Waals surface area contributed by atoms with Crippen LogP contribution in [-0.4, -0.2) is 9.66 Å². The van der Waals surface area contributed by atoms with Crippen molar-refractivity contribution in [2.75, 3.05) is 5.01 Å². The van der Waals surface area contributed by atoms with Gasteiger partial charge in [-0.3, -0.25) is 10.0 Å². The van der Waals surface area contributed by atoms with E-state index < -0.39 is 0 Å². The fourth-order valence-electron chi connectivity index (χ4n) is 1.61. The summed E-state index contributed by atoms with van der Waals surface area (Å²) in [6.45, 7) is 0. The van der Waals surface area contributed by atoms with Crippen molar-refractivity contribution in [2.24, 2.45) is 4.99 Å². The number of rotatable bonds is 1. The van der Waals surface area contributed by atoms with E-state index >= 15 is 0 Å². The molecular formula is C12H10N4. The summed E-state index contributed by atoms with van der Waals surface area (Å²) in [4.78, 5) is 8.38. The second-order valence-corrected chi connectivity index (χ2v) is 3.44. The highest BCUT2D eigenvalue weighted by molar-refractivity contribution is 5.38. The maximum absolute atomic E-state index is 4.36. The van der Waals surface area contributed by atoms with Gasteiger partial charge >= 0.3 is 0 Å². The Balaban J connectivity index is 2.17. The van der Waals surface area contributed by atoms with Crippen LogP contribution in [0.5, 0.6) is 0 Å². The van der Waals surface area contributed by atoms with Crippen LogP contribution in [0.3, 0.4) is 0 Å². The zero-order valence-corrected chi connectivity index (χ0v) is 8.56. The van der Waals surface area contributed by atoms with E-state index in [0.717, 1.165) is 10.6 Å². The van der Waals surface area contributed by atoms with Gasteiger partial charge in [-0.15, -0.1) is 0 Å². The van der Waals surface area contributed by atoms with Crippen LogP contribution in [0, 0.1) is 0 Å². The van der Waals surface area contributed by atoms with Crippen LogP contribution in [0.1, 0.15) is 0 Å². The van der Waals surface area contributed by atoms with Gasteiger partial charge < -0.3 is 0 Å². The molecule has 2 heterocycles. The van der Waals surface area contributed by atoms with Crippen molar-refractivity contribution in [3.05, 3.63) is 66.0 Å². The zero-order valence-electron chi connectivity index (χ0n) is 8.56. The number of fused-ring (bicyclic) bond motifs is 1. The first-order valence-corrected chi connectivity index (χ1v) is 5.01. The molecule has 0 saturated carbocycles. The second-order valence-electron chi connectivity index (χ2n) is 3.44. The summed E-state index contributed by atoms with van der Waals surface area (Å²) in [5, 5.41) is 3.99. The average molecular weight is 210 g/mol. The molecule has 4 heteroatoms. The molecule has 0 spiro atoms. The van der Waals surface area contributed by atoms with Gasteiger partial charge in [-0.2, -0.15) is 0 Å². The minimum absolute atomic E-state index is 0.973. The number of hydrogen-bond donors (Lipinski definition) is 0. The van der Waals surface area contributed by atoms with E-state index in [1.165, 1.54) is 0 Å². The molecule has 1 aliphatic rings. The molecule has 1 aromatic heterocycles. The first-order valence-electron chi connectivity index (χ1n) is 5.01. The Morgan fingerprint density at radius 1 is 1.12 bits per heavy atom. The largest absolute Gasteiger partial charge is 0.261 e. The van der Waals surface area contributed by atoms with Crippen molar-refractivity contribution < 1.29 is 0 Å². The fourth-order valence-corrected chi connectivity index (χ4v) is 1.61. The highest BCUT2D eigenvalue weighted by atomic mass is 15.5. The Hall–Kier alpha value is -2.36. The lowest BCUT2D eigenvalue weighted by molar-refractivity contribution is 0.826. The summed E-state index contributed by atoms with van der Waals surface area (Å²) in [7, 11) is 0. The lowest BCUT2D eigenvalue weighted by Gasteiger charge is -2.14. The molecule has 0 aliphatic carbocycles. The van der Waals surface area contributed by atoms with Gasteiger partial charge in [-0.05, 0) is 6.07 Å². The fraction of sp³-hybridized carbons (Fsp3) is 0. The number of aromatic nitrogens is 2. The molecule has 0 radical (unpaired) electrons. The average Bonchev–Trinajstić information content (AvgIpc) is 2.75. The number of imidazole rings is 1. The van der Waals surface area contributed by atoms with E-state index in [1.807, 2.05) is 52.5 Å². The van der Waals surface area contributed by atoms with Crippen molar-refractivity contribution in [1.29, 1.82) is 0 Å². The second kappa shape index (κ2) is 3.66. The van der Waals surface area contributed by atoms with Gasteiger partial charge in [0.2, 0.25) is 0 Å². The lowest BCUT2D eigenvalue weighted by atomic mass is 10.3. The van der Waals surface area contributed by atoms with E-state index in [0.29, 0.717) is 0 Å². The highest BCUT2D eigenvalue weighted by Crippen LogP contribution is 1.95. The molecule has 0 unspecified atom stereocenters. The first-order chi connectivity index (χ1) is 7.93. The number of nitrogens with zero attached hydrogens (tertiary/aromatic N) is 4. The summed E-state index contributed by atoms with van der Waals surface area (Å²) in [5.41, 5.74) is 0. The third-order valence-electron chi connectivity index (χ3n) is 2.40. The summed E-state index contributed by atoms with van der Waals surface area (Å²) in [6.07, 6.45) is 11.1. The monoisotopic (exact) mass is 210 g/mol. The Kier molecular flexibility index (Phi) is 2.04. The Bertz CT molecular complexity index is 625. The predicted molar refractivity (Wildman–Crippen MR) is 61.3 cm³/mol. The van der Waals surface area contributed by atoms with Crippen molar-refractivity contribution in [2.45, 2.75) is 0 Å². The molecule has 0 fully saturated rings. The first kappa shape index (κ1) is 8.91. The topological polar surface area (TPSA) is 33.4 Å². The quantitative estimate of drug-likeness (QED) is 0.681.